The first kappa shape index (κ1) is 20.2. The van der Waals surface area contributed by atoms with Crippen LogP contribution in [0.4, 0.5) is 5.69 Å². The summed E-state index contributed by atoms with van der Waals surface area (Å²) in [6, 6.07) is 11.2. The second-order valence-corrected chi connectivity index (χ2v) is 7.56. The average molecular weight is 409 g/mol. The summed E-state index contributed by atoms with van der Waals surface area (Å²) >= 11 is 0. The molecule has 0 bridgehead atoms. The molecular formula is C23H27N3O4. The van der Waals surface area contributed by atoms with Crippen molar-refractivity contribution in [2.75, 3.05) is 31.7 Å². The molecule has 2 N–H and O–H groups in total. The SMILES string of the molecule is Cc1ccc(C(=O)NC(=NC[C@@H]2CCCO2)Nc2ccc3c(c2)OCCO3)cc1C. The van der Waals surface area contributed by atoms with Crippen LogP contribution in [0.1, 0.15) is 34.3 Å². The number of fused-ring (bicyclic) bond motifs is 1. The maximum absolute atomic E-state index is 12.8. The number of nitrogens with one attached hydrogen (secondary N) is 2. The lowest BCUT2D eigenvalue weighted by atomic mass is 10.1. The molecule has 1 fully saturated rings. The summed E-state index contributed by atoms with van der Waals surface area (Å²) in [5, 5.41) is 6.11. The molecule has 0 radical (unpaired) electrons. The number of aliphatic imine (C=N–C) groups is 1. The second kappa shape index (κ2) is 9.17. The summed E-state index contributed by atoms with van der Waals surface area (Å²) in [4.78, 5) is 17.4. The molecule has 2 aliphatic rings. The number of carbonyl (C=O) groups excluding carboxylic acids is 1. The molecule has 0 unspecified atom stereocenters. The number of ether oxygens (including phenoxy) is 3. The van der Waals surface area contributed by atoms with Gasteiger partial charge in [0.1, 0.15) is 13.2 Å². The van der Waals surface area contributed by atoms with E-state index in [4.69, 9.17) is 14.2 Å². The van der Waals surface area contributed by atoms with Crippen LogP contribution in [-0.4, -0.2) is 44.3 Å². The predicted molar refractivity (Wildman–Crippen MR) is 116 cm³/mol. The largest absolute Gasteiger partial charge is 0.486 e. The molecule has 0 spiro atoms. The van der Waals surface area contributed by atoms with Crippen molar-refractivity contribution in [2.45, 2.75) is 32.8 Å². The Morgan fingerprint density at radius 1 is 1.03 bits per heavy atom. The summed E-state index contributed by atoms with van der Waals surface area (Å²) in [7, 11) is 0. The third kappa shape index (κ3) is 4.91. The van der Waals surface area contributed by atoms with Crippen LogP contribution in [-0.2, 0) is 4.74 Å². The summed E-state index contributed by atoms with van der Waals surface area (Å²) in [6.45, 7) is 6.32. The molecule has 1 atom stereocenters. The van der Waals surface area contributed by atoms with Crippen LogP contribution >= 0.6 is 0 Å². The molecule has 158 valence electrons. The van der Waals surface area contributed by atoms with E-state index in [9.17, 15) is 4.79 Å². The highest BCUT2D eigenvalue weighted by molar-refractivity contribution is 6.10. The summed E-state index contributed by atoms with van der Waals surface area (Å²) in [5.41, 5.74) is 3.56. The average Bonchev–Trinajstić information content (AvgIpc) is 3.27. The summed E-state index contributed by atoms with van der Waals surface area (Å²) in [6.07, 6.45) is 2.10. The number of guanidine groups is 1. The fourth-order valence-electron chi connectivity index (χ4n) is 3.41. The van der Waals surface area contributed by atoms with Gasteiger partial charge in [0, 0.05) is 23.9 Å². The van der Waals surface area contributed by atoms with Crippen LogP contribution in [0.2, 0.25) is 0 Å². The molecule has 7 heteroatoms. The molecule has 30 heavy (non-hydrogen) atoms. The Hall–Kier alpha value is -3.06. The van der Waals surface area contributed by atoms with Crippen molar-refractivity contribution in [3.05, 3.63) is 53.1 Å². The number of carbonyl (C=O) groups is 1. The smallest absolute Gasteiger partial charge is 0.257 e. The van der Waals surface area contributed by atoms with E-state index in [2.05, 4.69) is 15.6 Å². The van der Waals surface area contributed by atoms with E-state index in [-0.39, 0.29) is 12.0 Å². The lowest BCUT2D eigenvalue weighted by Crippen LogP contribution is -2.36. The van der Waals surface area contributed by atoms with Gasteiger partial charge in [0.05, 0.1) is 12.6 Å². The Morgan fingerprint density at radius 2 is 1.87 bits per heavy atom. The van der Waals surface area contributed by atoms with Gasteiger partial charge in [-0.05, 0) is 62.1 Å². The van der Waals surface area contributed by atoms with Crippen molar-refractivity contribution in [3.8, 4) is 11.5 Å². The minimum atomic E-state index is -0.214. The molecular weight excluding hydrogens is 382 g/mol. The van der Waals surface area contributed by atoms with Crippen molar-refractivity contribution >= 4 is 17.6 Å². The van der Waals surface area contributed by atoms with Crippen LogP contribution in [0.15, 0.2) is 41.4 Å². The van der Waals surface area contributed by atoms with Crippen LogP contribution < -0.4 is 20.1 Å². The second-order valence-electron chi connectivity index (χ2n) is 7.56. The fraction of sp³-hybridized carbons (Fsp3) is 0.391. The lowest BCUT2D eigenvalue weighted by Gasteiger charge is -2.20. The molecule has 1 amide bonds. The van der Waals surface area contributed by atoms with Gasteiger partial charge in [-0.1, -0.05) is 6.07 Å². The number of rotatable bonds is 4. The Bertz CT molecular complexity index is 951. The highest BCUT2D eigenvalue weighted by Gasteiger charge is 2.17. The zero-order valence-electron chi connectivity index (χ0n) is 17.4. The van der Waals surface area contributed by atoms with Gasteiger partial charge in [-0.15, -0.1) is 0 Å². The zero-order chi connectivity index (χ0) is 20.9. The van der Waals surface area contributed by atoms with Gasteiger partial charge in [0.25, 0.3) is 5.91 Å². The molecule has 1 saturated heterocycles. The van der Waals surface area contributed by atoms with E-state index in [1.165, 1.54) is 0 Å². The van der Waals surface area contributed by atoms with Gasteiger partial charge in [0.15, 0.2) is 11.5 Å². The molecule has 2 aliphatic heterocycles. The van der Waals surface area contributed by atoms with Gasteiger partial charge in [-0.3, -0.25) is 10.1 Å². The third-order valence-corrected chi connectivity index (χ3v) is 5.28. The first-order valence-electron chi connectivity index (χ1n) is 10.3. The Labute approximate surface area is 176 Å². The number of benzene rings is 2. The quantitative estimate of drug-likeness (QED) is 0.597. The topological polar surface area (TPSA) is 81.2 Å². The monoisotopic (exact) mass is 409 g/mol. The van der Waals surface area contributed by atoms with Gasteiger partial charge in [-0.25, -0.2) is 4.99 Å². The number of hydrogen-bond donors (Lipinski definition) is 2. The van der Waals surface area contributed by atoms with E-state index in [0.29, 0.717) is 42.8 Å². The van der Waals surface area contributed by atoms with Gasteiger partial charge in [-0.2, -0.15) is 0 Å². The molecule has 2 aromatic rings. The van der Waals surface area contributed by atoms with E-state index in [1.54, 1.807) is 0 Å². The number of amides is 1. The minimum absolute atomic E-state index is 0.0839. The van der Waals surface area contributed by atoms with Crippen molar-refractivity contribution in [1.82, 2.24) is 5.32 Å². The summed E-state index contributed by atoms with van der Waals surface area (Å²) < 4.78 is 16.9. The zero-order valence-corrected chi connectivity index (χ0v) is 17.4. The Kier molecular flexibility index (Phi) is 6.18. The Balaban J connectivity index is 1.52. The van der Waals surface area contributed by atoms with Crippen LogP contribution in [0.3, 0.4) is 0 Å². The molecule has 2 aromatic carbocycles. The number of aryl methyl sites for hydroxylation is 2. The van der Waals surface area contributed by atoms with Gasteiger partial charge in [0.2, 0.25) is 5.96 Å². The van der Waals surface area contributed by atoms with E-state index < -0.39 is 0 Å². The first-order chi connectivity index (χ1) is 14.6. The van der Waals surface area contributed by atoms with E-state index in [0.717, 1.165) is 36.3 Å². The minimum Gasteiger partial charge on any atom is -0.486 e. The normalized spacial score (nSPS) is 18.2. The van der Waals surface area contributed by atoms with Gasteiger partial charge < -0.3 is 19.5 Å². The molecule has 4 rings (SSSR count). The van der Waals surface area contributed by atoms with E-state index in [1.807, 2.05) is 50.2 Å². The van der Waals surface area contributed by atoms with Crippen molar-refractivity contribution in [3.63, 3.8) is 0 Å². The van der Waals surface area contributed by atoms with Gasteiger partial charge >= 0.3 is 0 Å². The first-order valence-corrected chi connectivity index (χ1v) is 10.3. The maximum atomic E-state index is 12.8. The van der Waals surface area contributed by atoms with Crippen LogP contribution in [0, 0.1) is 13.8 Å². The molecule has 7 nitrogen and oxygen atoms in total. The number of nitrogens with zero attached hydrogens (tertiary/aromatic N) is 1. The molecule has 2 heterocycles. The molecule has 0 saturated carbocycles. The van der Waals surface area contributed by atoms with Crippen LogP contribution in [0.25, 0.3) is 0 Å². The van der Waals surface area contributed by atoms with Crippen molar-refractivity contribution in [2.24, 2.45) is 4.99 Å². The highest BCUT2D eigenvalue weighted by Crippen LogP contribution is 2.32. The number of anilines is 1. The van der Waals surface area contributed by atoms with Crippen molar-refractivity contribution in [1.29, 1.82) is 0 Å². The maximum Gasteiger partial charge on any atom is 0.257 e. The fourth-order valence-corrected chi connectivity index (χ4v) is 3.41. The molecule has 0 aliphatic carbocycles. The third-order valence-electron chi connectivity index (χ3n) is 5.28. The van der Waals surface area contributed by atoms with Crippen molar-refractivity contribution < 1.29 is 19.0 Å². The van der Waals surface area contributed by atoms with E-state index >= 15 is 0 Å². The highest BCUT2D eigenvalue weighted by atomic mass is 16.6. The van der Waals surface area contributed by atoms with Crippen LogP contribution in [0.5, 0.6) is 11.5 Å². The number of hydrogen-bond acceptors (Lipinski definition) is 5. The summed E-state index contributed by atoms with van der Waals surface area (Å²) in [5.74, 6) is 1.55. The standard InChI is InChI=1S/C23H27N3O4/c1-15-5-6-17(12-16(15)2)22(27)26-23(24-14-19-4-3-9-28-19)25-18-7-8-20-21(13-18)30-11-10-29-20/h5-8,12-13,19H,3-4,9-11,14H2,1-2H3,(H2,24,25,26,27)/t19-/m0/s1. The molecule has 0 aromatic heterocycles. The lowest BCUT2D eigenvalue weighted by molar-refractivity contribution is 0.0975. The Morgan fingerprint density at radius 3 is 2.63 bits per heavy atom. The predicted octanol–water partition coefficient (Wildman–Crippen LogP) is 3.45.